The van der Waals surface area contributed by atoms with E-state index in [-0.39, 0.29) is 78.0 Å². The standard InChI is InChI=1S/C6H10O4Se2.3CO.BrH.Re/c7-5(8)3-11-1-2-12-4-6(9)10;3*1-2;;/h1-4H2,(H,7,8)(H,9,10);;;;1H;/p-1. The maximum Gasteiger partial charge on any atom is 0 e. The molecule has 0 heterocycles. The molecule has 0 aromatic carbocycles. The molecule has 11 heteroatoms. The van der Waals surface area contributed by atoms with Gasteiger partial charge in [0.15, 0.2) is 0 Å². The summed E-state index contributed by atoms with van der Waals surface area (Å²) in [5.41, 5.74) is 0. The van der Waals surface area contributed by atoms with Gasteiger partial charge in [0, 0.05) is 20.4 Å². The maximum absolute atomic E-state index is 10.1. The fraction of sp³-hybridized carbons (Fsp3) is 0.444. The van der Waals surface area contributed by atoms with Crippen LogP contribution in [0.4, 0.5) is 0 Å². The third-order valence-electron chi connectivity index (χ3n) is 0.823. The molecule has 0 fully saturated rings. The van der Waals surface area contributed by atoms with Crippen LogP contribution in [0.5, 0.6) is 0 Å². The van der Waals surface area contributed by atoms with Crippen molar-refractivity contribution in [3.63, 3.8) is 0 Å². The molecule has 0 aromatic heterocycles. The zero-order valence-corrected chi connectivity index (χ0v) is 17.6. The SMILES string of the molecule is O=C(O)C[Se]CC[Se]CC(=O)O.[Br-].[C-]#[O+].[C-]#[O+].[C-]#[O+].[Re]. The van der Waals surface area contributed by atoms with Gasteiger partial charge in [-0.25, -0.2) is 0 Å². The number of carboxylic acid groups (broad SMARTS) is 2. The average Bonchev–Trinajstić information content (AvgIpc) is 2.40. The molecule has 20 heavy (non-hydrogen) atoms. The Balaban J connectivity index is -0.0000000540. The molecule has 7 nitrogen and oxygen atoms in total. The largest absolute Gasteiger partial charge is 0 e. The second kappa shape index (κ2) is 42.7. The first kappa shape index (κ1) is 37.0. The Morgan fingerprint density at radius 2 is 1.00 bits per heavy atom. The van der Waals surface area contributed by atoms with Crippen LogP contribution < -0.4 is 17.0 Å². The van der Waals surface area contributed by atoms with Crippen LogP contribution in [0.2, 0.25) is 21.3 Å². The number of hydrogen-bond acceptors (Lipinski definition) is 2. The molecule has 0 bridgehead atoms. The van der Waals surface area contributed by atoms with Crippen LogP contribution in [-0.4, -0.2) is 52.1 Å². The fourth-order valence-corrected chi connectivity index (χ4v) is 4.84. The van der Waals surface area contributed by atoms with E-state index in [0.29, 0.717) is 0 Å². The normalized spacial score (nSPS) is 6.10. The van der Waals surface area contributed by atoms with E-state index in [9.17, 15) is 9.59 Å². The second-order valence-electron chi connectivity index (χ2n) is 1.89. The monoisotopic (exact) mass is 656 g/mol. The van der Waals surface area contributed by atoms with E-state index < -0.39 is 11.9 Å². The zero-order valence-electron chi connectivity index (χ0n) is 9.84. The summed E-state index contributed by atoms with van der Waals surface area (Å²) in [6.07, 6.45) is 0. The summed E-state index contributed by atoms with van der Waals surface area (Å²) in [7, 11) is 0. The molecule has 0 aliphatic carbocycles. The summed E-state index contributed by atoms with van der Waals surface area (Å²) in [6, 6.07) is 0. The van der Waals surface area contributed by atoms with Gasteiger partial charge in [0.05, 0.1) is 0 Å². The van der Waals surface area contributed by atoms with Crippen molar-refractivity contribution in [1.82, 2.24) is 0 Å². The Morgan fingerprint density at radius 1 is 0.800 bits per heavy atom. The zero-order chi connectivity index (χ0) is 15.4. The molecule has 0 aromatic rings. The molecule has 0 saturated heterocycles. The molecule has 0 rings (SSSR count). The molecule has 0 aliphatic rings. The third kappa shape index (κ3) is 63.2. The van der Waals surface area contributed by atoms with Crippen LogP contribution >= 0.6 is 0 Å². The van der Waals surface area contributed by atoms with Crippen LogP contribution in [-0.2, 0) is 44.0 Å². The first-order valence-electron chi connectivity index (χ1n) is 3.83. The summed E-state index contributed by atoms with van der Waals surface area (Å²) >= 11 is 0.318. The number of aliphatic carboxylic acids is 2. The van der Waals surface area contributed by atoms with Crippen molar-refractivity contribution in [2.75, 3.05) is 0 Å². The van der Waals surface area contributed by atoms with Crippen LogP contribution in [0, 0.1) is 20.0 Å². The van der Waals surface area contributed by atoms with E-state index in [1.807, 2.05) is 0 Å². The van der Waals surface area contributed by atoms with Crippen molar-refractivity contribution < 1.29 is 71.2 Å². The van der Waals surface area contributed by atoms with Gasteiger partial charge >= 0.3 is 117 Å². The number of carboxylic acids is 2. The number of hydrogen-bond donors (Lipinski definition) is 2. The van der Waals surface area contributed by atoms with Crippen molar-refractivity contribution in [3.8, 4) is 0 Å². The quantitative estimate of drug-likeness (QED) is 0.132. The Hall–Kier alpha value is 0.341. The number of carbonyl (C=O) groups is 2. The first-order chi connectivity index (χ1) is 8.63. The van der Waals surface area contributed by atoms with Gasteiger partial charge in [-0.2, -0.15) is 0 Å². The summed E-state index contributed by atoms with van der Waals surface area (Å²) in [5.74, 6) is -1.50. The van der Waals surface area contributed by atoms with Crippen LogP contribution in [0.25, 0.3) is 0 Å². The summed E-state index contributed by atoms with van der Waals surface area (Å²) < 4.78 is 22.5. The molecule has 0 aliphatic heterocycles. The fourth-order valence-electron chi connectivity index (χ4n) is 0.437. The molecule has 0 amide bonds. The van der Waals surface area contributed by atoms with Gasteiger partial charge in [-0.3, -0.25) is 0 Å². The van der Waals surface area contributed by atoms with E-state index >= 15 is 0 Å². The molecular weight excluding hydrogens is 644 g/mol. The predicted molar refractivity (Wildman–Crippen MR) is 57.8 cm³/mol. The topological polar surface area (TPSA) is 134 Å². The minimum Gasteiger partial charge on any atom is 0 e. The molecule has 0 saturated carbocycles. The van der Waals surface area contributed by atoms with Gasteiger partial charge in [0.25, 0.3) is 0 Å². The predicted octanol–water partition coefficient (Wildman–Crippen LogP) is -2.87. The Bertz CT molecular complexity index is 238. The van der Waals surface area contributed by atoms with Crippen LogP contribution in [0.3, 0.4) is 0 Å². The molecule has 0 atom stereocenters. The van der Waals surface area contributed by atoms with Crippen molar-refractivity contribution >= 4 is 41.9 Å². The minimum absolute atomic E-state index is 0. The van der Waals surface area contributed by atoms with E-state index in [0.717, 1.165) is 10.6 Å². The van der Waals surface area contributed by atoms with Gasteiger partial charge in [0.2, 0.25) is 0 Å². The van der Waals surface area contributed by atoms with Gasteiger partial charge in [0.1, 0.15) is 0 Å². The second-order valence-corrected chi connectivity index (χ2v) is 6.53. The smallest absolute Gasteiger partial charge is 0 e. The minimum atomic E-state index is -0.749. The van der Waals surface area contributed by atoms with Gasteiger partial charge in [-0.15, -0.1) is 0 Å². The summed E-state index contributed by atoms with van der Waals surface area (Å²) in [4.78, 5) is 20.1. The average molecular weight is 654 g/mol. The van der Waals surface area contributed by atoms with Crippen molar-refractivity contribution in [2.45, 2.75) is 21.3 Å². The van der Waals surface area contributed by atoms with E-state index in [1.54, 1.807) is 0 Å². The van der Waals surface area contributed by atoms with Gasteiger partial charge < -0.3 is 17.0 Å². The van der Waals surface area contributed by atoms with Crippen molar-refractivity contribution in [3.05, 3.63) is 20.0 Å². The summed E-state index contributed by atoms with van der Waals surface area (Å²) in [6.45, 7) is 13.5. The van der Waals surface area contributed by atoms with Crippen molar-refractivity contribution in [1.29, 1.82) is 0 Å². The van der Waals surface area contributed by atoms with Crippen LogP contribution in [0.15, 0.2) is 0 Å². The van der Waals surface area contributed by atoms with E-state index in [1.165, 1.54) is 0 Å². The van der Waals surface area contributed by atoms with E-state index in [2.05, 4.69) is 20.0 Å². The maximum atomic E-state index is 10.1. The Kier molecular flexibility index (Phi) is 79.0. The van der Waals surface area contributed by atoms with Gasteiger partial charge in [-0.05, 0) is 0 Å². The third-order valence-corrected chi connectivity index (χ3v) is 6.09. The Labute approximate surface area is 153 Å². The molecule has 0 spiro atoms. The van der Waals surface area contributed by atoms with Crippen molar-refractivity contribution in [2.24, 2.45) is 0 Å². The Morgan fingerprint density at radius 3 is 1.15 bits per heavy atom. The molecular formula is C9H10BrO7ReSe2-. The molecule has 0 unspecified atom stereocenters. The molecule has 1 radical (unpaired) electrons. The molecule has 2 N–H and O–H groups in total. The number of halogens is 1. The molecule has 115 valence electrons. The van der Waals surface area contributed by atoms with E-state index in [4.69, 9.17) is 24.2 Å². The van der Waals surface area contributed by atoms with Gasteiger partial charge in [-0.1, -0.05) is 0 Å². The summed E-state index contributed by atoms with van der Waals surface area (Å²) in [5, 5.41) is 18.9. The number of rotatable bonds is 7. The first-order valence-corrected chi connectivity index (χ1v) is 8.67. The van der Waals surface area contributed by atoms with Crippen LogP contribution in [0.1, 0.15) is 0 Å².